The fourth-order valence-electron chi connectivity index (χ4n) is 0.983. The number of benzene rings is 1. The maximum absolute atomic E-state index is 5.72. The fraction of sp³-hybridized carbons (Fsp3) is 0.250. The molecule has 11 heavy (non-hydrogen) atoms. The Morgan fingerprint density at radius 1 is 1.36 bits per heavy atom. The van der Waals surface area contributed by atoms with E-state index in [0.717, 1.165) is 22.1 Å². The van der Waals surface area contributed by atoms with Crippen LogP contribution in [-0.2, 0) is 6.42 Å². The molecule has 4 N–H and O–H groups in total. The minimum atomic E-state index is 0.632. The van der Waals surface area contributed by atoms with E-state index in [9.17, 15) is 0 Å². The van der Waals surface area contributed by atoms with Gasteiger partial charge >= 0.3 is 0 Å². The van der Waals surface area contributed by atoms with Crippen molar-refractivity contribution in [3.05, 3.63) is 28.2 Å². The van der Waals surface area contributed by atoms with E-state index in [4.69, 9.17) is 11.5 Å². The van der Waals surface area contributed by atoms with Crippen molar-refractivity contribution in [3.63, 3.8) is 0 Å². The topological polar surface area (TPSA) is 52.0 Å². The monoisotopic (exact) mass is 214 g/mol. The largest absolute Gasteiger partial charge is 0.398 e. The summed E-state index contributed by atoms with van der Waals surface area (Å²) in [6, 6.07) is 5.77. The highest BCUT2D eigenvalue weighted by Gasteiger charge is 2.01. The van der Waals surface area contributed by atoms with Gasteiger partial charge in [-0.15, -0.1) is 0 Å². The van der Waals surface area contributed by atoms with Crippen LogP contribution in [0.15, 0.2) is 22.7 Å². The summed E-state index contributed by atoms with van der Waals surface area (Å²) in [4.78, 5) is 0. The second-order valence-corrected chi connectivity index (χ2v) is 3.20. The maximum atomic E-state index is 5.72. The predicted octanol–water partition coefficient (Wildman–Crippen LogP) is 1.53. The van der Waals surface area contributed by atoms with Gasteiger partial charge in [-0.25, -0.2) is 0 Å². The predicted molar refractivity (Wildman–Crippen MR) is 51.3 cm³/mol. The van der Waals surface area contributed by atoms with E-state index in [2.05, 4.69) is 15.9 Å². The summed E-state index contributed by atoms with van der Waals surface area (Å²) in [6.45, 7) is 0.632. The molecule has 0 atom stereocenters. The molecular weight excluding hydrogens is 204 g/mol. The number of halogens is 1. The molecule has 0 amide bonds. The zero-order valence-electron chi connectivity index (χ0n) is 6.18. The van der Waals surface area contributed by atoms with Gasteiger partial charge in [0, 0.05) is 10.2 Å². The van der Waals surface area contributed by atoms with Crippen LogP contribution in [0, 0.1) is 0 Å². The minimum absolute atomic E-state index is 0.632. The molecule has 3 heteroatoms. The van der Waals surface area contributed by atoms with Crippen LogP contribution in [0.1, 0.15) is 5.56 Å². The van der Waals surface area contributed by atoms with E-state index in [1.165, 1.54) is 0 Å². The van der Waals surface area contributed by atoms with E-state index in [-0.39, 0.29) is 0 Å². The second kappa shape index (κ2) is 3.74. The zero-order valence-corrected chi connectivity index (χ0v) is 7.76. The molecule has 0 aliphatic rings. The third kappa shape index (κ3) is 1.94. The van der Waals surface area contributed by atoms with Gasteiger partial charge in [0.2, 0.25) is 0 Å². The second-order valence-electron chi connectivity index (χ2n) is 2.35. The maximum Gasteiger partial charge on any atom is 0.0358 e. The first-order chi connectivity index (χ1) is 5.25. The molecule has 1 aromatic rings. The first kappa shape index (κ1) is 8.56. The number of rotatable bonds is 2. The average Bonchev–Trinajstić information content (AvgIpc) is 1.97. The quantitative estimate of drug-likeness (QED) is 0.735. The Hall–Kier alpha value is -0.540. The molecule has 2 nitrogen and oxygen atoms in total. The number of nitrogens with two attached hydrogens (primary N) is 2. The number of hydrogen-bond donors (Lipinski definition) is 2. The van der Waals surface area contributed by atoms with E-state index in [1.54, 1.807) is 0 Å². The molecule has 0 fully saturated rings. The molecule has 60 valence electrons. The van der Waals surface area contributed by atoms with Gasteiger partial charge in [-0.2, -0.15) is 0 Å². The van der Waals surface area contributed by atoms with Crippen molar-refractivity contribution in [3.8, 4) is 0 Å². The van der Waals surface area contributed by atoms with Crippen LogP contribution in [0.25, 0.3) is 0 Å². The third-order valence-electron chi connectivity index (χ3n) is 1.55. The lowest BCUT2D eigenvalue weighted by atomic mass is 10.1. The molecule has 1 aromatic carbocycles. The van der Waals surface area contributed by atoms with Crippen molar-refractivity contribution in [1.82, 2.24) is 0 Å². The SMILES string of the molecule is NCCc1c(N)cccc1Br. The highest BCUT2D eigenvalue weighted by atomic mass is 79.9. The molecule has 0 radical (unpaired) electrons. The molecule has 0 aromatic heterocycles. The van der Waals surface area contributed by atoms with Crippen LogP contribution in [0.4, 0.5) is 5.69 Å². The fourth-order valence-corrected chi connectivity index (χ4v) is 1.56. The Morgan fingerprint density at radius 2 is 2.09 bits per heavy atom. The van der Waals surface area contributed by atoms with E-state index >= 15 is 0 Å². The molecule has 0 aliphatic heterocycles. The molecule has 0 spiro atoms. The molecule has 0 saturated carbocycles. The van der Waals surface area contributed by atoms with Gasteiger partial charge in [0.1, 0.15) is 0 Å². The molecular formula is C8H11BrN2. The first-order valence-electron chi connectivity index (χ1n) is 3.48. The summed E-state index contributed by atoms with van der Waals surface area (Å²) in [5.41, 5.74) is 13.1. The molecule has 0 heterocycles. The number of nitrogen functional groups attached to an aromatic ring is 1. The van der Waals surface area contributed by atoms with Gasteiger partial charge in [-0.1, -0.05) is 22.0 Å². The Kier molecular flexibility index (Phi) is 2.91. The molecule has 1 rings (SSSR count). The van der Waals surface area contributed by atoms with Crippen LogP contribution in [0.3, 0.4) is 0 Å². The highest BCUT2D eigenvalue weighted by Crippen LogP contribution is 2.22. The Bertz CT molecular complexity index is 228. The summed E-state index contributed by atoms with van der Waals surface area (Å²) in [5, 5.41) is 0. The summed E-state index contributed by atoms with van der Waals surface area (Å²) in [7, 11) is 0. The van der Waals surface area contributed by atoms with Crippen LogP contribution in [-0.4, -0.2) is 6.54 Å². The van der Waals surface area contributed by atoms with Gasteiger partial charge in [-0.05, 0) is 30.7 Å². The van der Waals surface area contributed by atoms with Crippen LogP contribution in [0.5, 0.6) is 0 Å². The van der Waals surface area contributed by atoms with Crippen molar-refractivity contribution >= 4 is 21.6 Å². The molecule has 0 unspecified atom stereocenters. The standard InChI is InChI=1S/C8H11BrN2/c9-7-2-1-3-8(11)6(7)4-5-10/h1-3H,4-5,10-11H2. The zero-order chi connectivity index (χ0) is 8.27. The van der Waals surface area contributed by atoms with E-state index < -0.39 is 0 Å². The minimum Gasteiger partial charge on any atom is -0.398 e. The van der Waals surface area contributed by atoms with Crippen molar-refractivity contribution < 1.29 is 0 Å². The van der Waals surface area contributed by atoms with Crippen molar-refractivity contribution in [2.75, 3.05) is 12.3 Å². The first-order valence-corrected chi connectivity index (χ1v) is 4.28. The summed E-state index contributed by atoms with van der Waals surface area (Å²) < 4.78 is 1.04. The smallest absolute Gasteiger partial charge is 0.0358 e. The van der Waals surface area contributed by atoms with Gasteiger partial charge in [0.05, 0.1) is 0 Å². The van der Waals surface area contributed by atoms with E-state index in [0.29, 0.717) is 6.54 Å². The van der Waals surface area contributed by atoms with Crippen LogP contribution >= 0.6 is 15.9 Å². The Morgan fingerprint density at radius 3 is 2.64 bits per heavy atom. The highest BCUT2D eigenvalue weighted by molar-refractivity contribution is 9.10. The lowest BCUT2D eigenvalue weighted by Crippen LogP contribution is -2.05. The summed E-state index contributed by atoms with van der Waals surface area (Å²) in [5.74, 6) is 0. The summed E-state index contributed by atoms with van der Waals surface area (Å²) >= 11 is 3.41. The van der Waals surface area contributed by atoms with Crippen molar-refractivity contribution in [2.45, 2.75) is 6.42 Å². The van der Waals surface area contributed by atoms with Crippen LogP contribution < -0.4 is 11.5 Å². The number of anilines is 1. The third-order valence-corrected chi connectivity index (χ3v) is 2.29. The Balaban J connectivity index is 3.00. The molecule has 0 bridgehead atoms. The van der Waals surface area contributed by atoms with Gasteiger partial charge < -0.3 is 11.5 Å². The van der Waals surface area contributed by atoms with E-state index in [1.807, 2.05) is 18.2 Å². The lowest BCUT2D eigenvalue weighted by molar-refractivity contribution is 0.966. The molecule has 0 aliphatic carbocycles. The van der Waals surface area contributed by atoms with Crippen LogP contribution in [0.2, 0.25) is 0 Å². The van der Waals surface area contributed by atoms with Gasteiger partial charge in [-0.3, -0.25) is 0 Å². The Labute approximate surface area is 74.7 Å². The van der Waals surface area contributed by atoms with Crippen molar-refractivity contribution in [2.24, 2.45) is 5.73 Å². The normalized spacial score (nSPS) is 10.0. The molecule has 0 saturated heterocycles. The van der Waals surface area contributed by atoms with Gasteiger partial charge in [0.25, 0.3) is 0 Å². The number of hydrogen-bond acceptors (Lipinski definition) is 2. The summed E-state index contributed by atoms with van der Waals surface area (Å²) in [6.07, 6.45) is 0.827. The lowest BCUT2D eigenvalue weighted by Gasteiger charge is -2.05. The van der Waals surface area contributed by atoms with Crippen molar-refractivity contribution in [1.29, 1.82) is 0 Å². The van der Waals surface area contributed by atoms with Gasteiger partial charge in [0.15, 0.2) is 0 Å². The average molecular weight is 215 g/mol.